The molecule has 0 aromatic rings. The molecule has 0 fully saturated rings. The molecule has 0 spiro atoms. The van der Waals surface area contributed by atoms with Crippen molar-refractivity contribution < 1.29 is 4.79 Å². The van der Waals surface area contributed by atoms with Crippen LogP contribution in [-0.4, -0.2) is 17.9 Å². The molecule has 0 unspecified atom stereocenters. The van der Waals surface area contributed by atoms with E-state index in [0.717, 1.165) is 6.54 Å². The Bertz CT molecular complexity index is 150. The molecule has 0 aliphatic rings. The van der Waals surface area contributed by atoms with Gasteiger partial charge in [-0.3, -0.25) is 4.79 Å². The number of carbonyl (C=O) groups is 1. The second-order valence-corrected chi connectivity index (χ2v) is 3.43. The van der Waals surface area contributed by atoms with Gasteiger partial charge < -0.3 is 5.32 Å². The molecule has 11 heavy (non-hydrogen) atoms. The standard InChI is InChI=1S/C9H17NO/c1-5-6-10-9(3,4)7-8(2)11/h5,10H,1,6-7H2,2-4H3. The topological polar surface area (TPSA) is 29.1 Å². The molecule has 0 aromatic heterocycles. The van der Waals surface area contributed by atoms with Gasteiger partial charge in [0.2, 0.25) is 0 Å². The van der Waals surface area contributed by atoms with E-state index in [1.54, 1.807) is 13.0 Å². The Morgan fingerprint density at radius 2 is 2.18 bits per heavy atom. The molecular weight excluding hydrogens is 138 g/mol. The van der Waals surface area contributed by atoms with Crippen molar-refractivity contribution >= 4 is 5.78 Å². The van der Waals surface area contributed by atoms with Gasteiger partial charge in [-0.1, -0.05) is 6.08 Å². The van der Waals surface area contributed by atoms with Gasteiger partial charge in [-0.25, -0.2) is 0 Å². The smallest absolute Gasteiger partial charge is 0.131 e. The van der Waals surface area contributed by atoms with Gasteiger partial charge in [-0.05, 0) is 20.8 Å². The van der Waals surface area contributed by atoms with Crippen molar-refractivity contribution in [1.82, 2.24) is 5.32 Å². The van der Waals surface area contributed by atoms with Crippen LogP contribution in [0.25, 0.3) is 0 Å². The first kappa shape index (κ1) is 10.4. The molecule has 0 rings (SSSR count). The Hall–Kier alpha value is -0.630. The van der Waals surface area contributed by atoms with E-state index in [-0.39, 0.29) is 11.3 Å². The summed E-state index contributed by atoms with van der Waals surface area (Å²) in [6.07, 6.45) is 2.36. The fourth-order valence-corrected chi connectivity index (χ4v) is 1.03. The highest BCUT2D eigenvalue weighted by Gasteiger charge is 2.17. The van der Waals surface area contributed by atoms with Crippen molar-refractivity contribution in [3.63, 3.8) is 0 Å². The van der Waals surface area contributed by atoms with Crippen LogP contribution >= 0.6 is 0 Å². The van der Waals surface area contributed by atoms with Crippen molar-refractivity contribution in [1.29, 1.82) is 0 Å². The number of carbonyl (C=O) groups excluding carboxylic acids is 1. The monoisotopic (exact) mass is 155 g/mol. The molecule has 2 nitrogen and oxygen atoms in total. The van der Waals surface area contributed by atoms with Crippen molar-refractivity contribution in [2.45, 2.75) is 32.7 Å². The molecule has 0 atom stereocenters. The van der Waals surface area contributed by atoms with Gasteiger partial charge in [0.15, 0.2) is 0 Å². The summed E-state index contributed by atoms with van der Waals surface area (Å²) in [5.41, 5.74) is -0.0972. The third-order valence-electron chi connectivity index (χ3n) is 1.42. The summed E-state index contributed by atoms with van der Waals surface area (Å²) in [4.78, 5) is 10.8. The molecular formula is C9H17NO. The fraction of sp³-hybridized carbons (Fsp3) is 0.667. The molecule has 0 saturated carbocycles. The average Bonchev–Trinajstić information content (AvgIpc) is 1.81. The van der Waals surface area contributed by atoms with Gasteiger partial charge in [0, 0.05) is 18.5 Å². The molecule has 0 saturated heterocycles. The van der Waals surface area contributed by atoms with Crippen LogP contribution in [0.1, 0.15) is 27.2 Å². The fourth-order valence-electron chi connectivity index (χ4n) is 1.03. The molecule has 0 amide bonds. The number of ketones is 1. The molecule has 64 valence electrons. The predicted octanol–water partition coefficient (Wildman–Crippen LogP) is 1.52. The number of Topliss-reactive ketones (excluding diaryl/α,β-unsaturated/α-hetero) is 1. The Morgan fingerprint density at radius 1 is 1.64 bits per heavy atom. The normalized spacial score (nSPS) is 11.2. The van der Waals surface area contributed by atoms with Crippen LogP contribution in [-0.2, 0) is 4.79 Å². The van der Waals surface area contributed by atoms with E-state index in [1.807, 2.05) is 13.8 Å². The van der Waals surface area contributed by atoms with Crippen molar-refractivity contribution in [3.05, 3.63) is 12.7 Å². The minimum absolute atomic E-state index is 0.0972. The largest absolute Gasteiger partial charge is 0.308 e. The maximum atomic E-state index is 10.8. The van der Waals surface area contributed by atoms with Crippen LogP contribution in [0.3, 0.4) is 0 Å². The number of nitrogens with one attached hydrogen (secondary N) is 1. The Balaban J connectivity index is 3.78. The predicted molar refractivity (Wildman–Crippen MR) is 47.6 cm³/mol. The first-order chi connectivity index (χ1) is 4.98. The van der Waals surface area contributed by atoms with Crippen LogP contribution < -0.4 is 5.32 Å². The van der Waals surface area contributed by atoms with E-state index in [9.17, 15) is 4.79 Å². The maximum absolute atomic E-state index is 10.8. The van der Waals surface area contributed by atoms with Crippen molar-refractivity contribution in [3.8, 4) is 0 Å². The van der Waals surface area contributed by atoms with Crippen LogP contribution in [0.2, 0.25) is 0 Å². The van der Waals surface area contributed by atoms with E-state index in [4.69, 9.17) is 0 Å². The van der Waals surface area contributed by atoms with Crippen molar-refractivity contribution in [2.24, 2.45) is 0 Å². The Labute approximate surface area is 68.7 Å². The highest BCUT2D eigenvalue weighted by molar-refractivity contribution is 5.76. The minimum Gasteiger partial charge on any atom is -0.308 e. The van der Waals surface area contributed by atoms with Gasteiger partial charge in [-0.15, -0.1) is 6.58 Å². The lowest BCUT2D eigenvalue weighted by molar-refractivity contribution is -0.118. The van der Waals surface area contributed by atoms with E-state index < -0.39 is 0 Å². The Kier molecular flexibility index (Phi) is 4.04. The van der Waals surface area contributed by atoms with Crippen molar-refractivity contribution in [2.75, 3.05) is 6.54 Å². The lowest BCUT2D eigenvalue weighted by atomic mass is 9.98. The SMILES string of the molecule is C=CCNC(C)(C)CC(C)=O. The maximum Gasteiger partial charge on any atom is 0.131 e. The highest BCUT2D eigenvalue weighted by atomic mass is 16.1. The zero-order valence-corrected chi connectivity index (χ0v) is 7.61. The number of hydrogen-bond acceptors (Lipinski definition) is 2. The molecule has 0 heterocycles. The summed E-state index contributed by atoms with van der Waals surface area (Å²) in [5, 5.41) is 3.20. The van der Waals surface area contributed by atoms with E-state index in [1.165, 1.54) is 0 Å². The third kappa shape index (κ3) is 5.80. The van der Waals surface area contributed by atoms with Crippen LogP contribution in [0, 0.1) is 0 Å². The van der Waals surface area contributed by atoms with E-state index in [2.05, 4.69) is 11.9 Å². The zero-order valence-electron chi connectivity index (χ0n) is 7.61. The molecule has 0 bridgehead atoms. The molecule has 0 aliphatic carbocycles. The van der Waals surface area contributed by atoms with Gasteiger partial charge in [0.1, 0.15) is 5.78 Å². The average molecular weight is 155 g/mol. The number of rotatable bonds is 5. The Morgan fingerprint density at radius 3 is 2.55 bits per heavy atom. The molecule has 0 aromatic carbocycles. The summed E-state index contributed by atoms with van der Waals surface area (Å²) in [6.45, 7) is 9.98. The summed E-state index contributed by atoms with van der Waals surface area (Å²) in [6, 6.07) is 0. The first-order valence-electron chi connectivity index (χ1n) is 3.83. The second-order valence-electron chi connectivity index (χ2n) is 3.43. The lowest BCUT2D eigenvalue weighted by Crippen LogP contribution is -2.40. The van der Waals surface area contributed by atoms with Gasteiger partial charge in [-0.2, -0.15) is 0 Å². The molecule has 1 N–H and O–H groups in total. The van der Waals surface area contributed by atoms with Gasteiger partial charge >= 0.3 is 0 Å². The van der Waals surface area contributed by atoms with Crippen LogP contribution in [0.15, 0.2) is 12.7 Å². The van der Waals surface area contributed by atoms with Crippen LogP contribution in [0.4, 0.5) is 0 Å². The first-order valence-corrected chi connectivity index (χ1v) is 3.83. The zero-order chi connectivity index (χ0) is 8.91. The number of hydrogen-bond donors (Lipinski definition) is 1. The van der Waals surface area contributed by atoms with Gasteiger partial charge in [0.25, 0.3) is 0 Å². The lowest BCUT2D eigenvalue weighted by Gasteiger charge is -2.24. The molecule has 2 heteroatoms. The summed E-state index contributed by atoms with van der Waals surface area (Å²) in [5.74, 6) is 0.214. The molecule has 0 radical (unpaired) electrons. The van der Waals surface area contributed by atoms with E-state index in [0.29, 0.717) is 6.42 Å². The second kappa shape index (κ2) is 4.29. The van der Waals surface area contributed by atoms with Crippen LogP contribution in [0.5, 0.6) is 0 Å². The third-order valence-corrected chi connectivity index (χ3v) is 1.42. The quantitative estimate of drug-likeness (QED) is 0.610. The molecule has 0 aliphatic heterocycles. The summed E-state index contributed by atoms with van der Waals surface area (Å²) >= 11 is 0. The van der Waals surface area contributed by atoms with E-state index >= 15 is 0 Å². The minimum atomic E-state index is -0.0972. The van der Waals surface area contributed by atoms with Gasteiger partial charge in [0.05, 0.1) is 0 Å². The summed E-state index contributed by atoms with van der Waals surface area (Å²) in [7, 11) is 0. The summed E-state index contributed by atoms with van der Waals surface area (Å²) < 4.78 is 0. The highest BCUT2D eigenvalue weighted by Crippen LogP contribution is 2.07.